The summed E-state index contributed by atoms with van der Waals surface area (Å²) in [5.74, 6) is 0.159. The third kappa shape index (κ3) is 3.64. The minimum Gasteiger partial charge on any atom is -0.346 e. The molecule has 1 fully saturated rings. The molecule has 140 valence electrons. The molecule has 1 aliphatic rings. The molecule has 0 bridgehead atoms. The molecule has 0 unspecified atom stereocenters. The highest BCUT2D eigenvalue weighted by molar-refractivity contribution is 6.30. The Morgan fingerprint density at radius 1 is 1.31 bits per heavy atom. The number of rotatable bonds is 6. The van der Waals surface area contributed by atoms with Gasteiger partial charge in [0.25, 0.3) is 0 Å². The van der Waals surface area contributed by atoms with Crippen LogP contribution in [0.1, 0.15) is 43.7 Å². The maximum Gasteiger partial charge on any atom is 0.225 e. The van der Waals surface area contributed by atoms with Gasteiger partial charge in [0.05, 0.1) is 17.7 Å². The van der Waals surface area contributed by atoms with Crippen LogP contribution in [0.25, 0.3) is 0 Å². The molecule has 1 aromatic heterocycles. The van der Waals surface area contributed by atoms with Crippen molar-refractivity contribution in [3.8, 4) is 0 Å². The molecule has 0 saturated carbocycles. The molecule has 0 radical (unpaired) electrons. The molecule has 2 N–H and O–H groups in total. The minimum absolute atomic E-state index is 0.0935. The first-order chi connectivity index (χ1) is 12.5. The van der Waals surface area contributed by atoms with Crippen molar-refractivity contribution < 1.29 is 4.79 Å². The summed E-state index contributed by atoms with van der Waals surface area (Å²) in [4.78, 5) is 13.2. The van der Waals surface area contributed by atoms with E-state index in [2.05, 4.69) is 29.6 Å². The van der Waals surface area contributed by atoms with Gasteiger partial charge in [-0.2, -0.15) is 5.10 Å². The topological polar surface area (TPSA) is 59.0 Å². The van der Waals surface area contributed by atoms with Gasteiger partial charge in [0.1, 0.15) is 0 Å². The Morgan fingerprint density at radius 3 is 2.58 bits per heavy atom. The molecule has 0 spiro atoms. The van der Waals surface area contributed by atoms with Crippen LogP contribution in [-0.2, 0) is 17.4 Å². The predicted molar refractivity (Wildman–Crippen MR) is 104 cm³/mol. The molecule has 1 aromatic carbocycles. The second-order valence-electron chi connectivity index (χ2n) is 7.10. The van der Waals surface area contributed by atoms with E-state index < -0.39 is 0 Å². The molecule has 1 aliphatic heterocycles. The maximum absolute atomic E-state index is 13.2. The summed E-state index contributed by atoms with van der Waals surface area (Å²) >= 11 is 6.04. The Bertz CT molecular complexity index is 751. The molecular weight excluding hydrogens is 348 g/mol. The number of carbonyl (C=O) groups excluding carboxylic acids is 1. The summed E-state index contributed by atoms with van der Waals surface area (Å²) in [6, 6.07) is 7.81. The molecule has 26 heavy (non-hydrogen) atoms. The van der Waals surface area contributed by atoms with E-state index in [0.29, 0.717) is 11.6 Å². The summed E-state index contributed by atoms with van der Waals surface area (Å²) in [6.45, 7) is 5.72. The average Bonchev–Trinajstić information content (AvgIpc) is 3.29. The van der Waals surface area contributed by atoms with Crippen LogP contribution >= 0.6 is 11.6 Å². The van der Waals surface area contributed by atoms with Crippen LogP contribution in [0.15, 0.2) is 36.7 Å². The van der Waals surface area contributed by atoms with Gasteiger partial charge in [-0.1, -0.05) is 37.6 Å². The lowest BCUT2D eigenvalue weighted by molar-refractivity contribution is -0.127. The van der Waals surface area contributed by atoms with Gasteiger partial charge in [-0.15, -0.1) is 0 Å². The zero-order chi connectivity index (χ0) is 18.7. The molecule has 1 saturated heterocycles. The van der Waals surface area contributed by atoms with E-state index in [1.54, 1.807) is 4.68 Å². The Hall–Kier alpha value is -1.85. The van der Waals surface area contributed by atoms with Crippen molar-refractivity contribution in [1.82, 2.24) is 20.4 Å². The predicted octanol–water partition coefficient (Wildman–Crippen LogP) is 3.21. The fraction of sp³-hybridized carbons (Fsp3) is 0.500. The van der Waals surface area contributed by atoms with Gasteiger partial charge in [0.15, 0.2) is 0 Å². The van der Waals surface area contributed by atoms with E-state index in [1.807, 2.05) is 43.7 Å². The van der Waals surface area contributed by atoms with Gasteiger partial charge in [-0.3, -0.25) is 9.48 Å². The highest BCUT2D eigenvalue weighted by Gasteiger charge is 2.38. The lowest BCUT2D eigenvalue weighted by atomic mass is 9.83. The number of amides is 1. The van der Waals surface area contributed by atoms with Crippen LogP contribution in [0.3, 0.4) is 0 Å². The summed E-state index contributed by atoms with van der Waals surface area (Å²) in [5, 5.41) is 11.7. The fourth-order valence-corrected chi connectivity index (χ4v) is 4.07. The summed E-state index contributed by atoms with van der Waals surface area (Å²) in [7, 11) is 1.90. The second kappa shape index (κ2) is 7.80. The molecular formula is C20H27ClN4O. The van der Waals surface area contributed by atoms with Crippen molar-refractivity contribution in [3.05, 3.63) is 52.8 Å². The van der Waals surface area contributed by atoms with Gasteiger partial charge in [0, 0.05) is 37.3 Å². The molecule has 2 atom stereocenters. The monoisotopic (exact) mass is 374 g/mol. The van der Waals surface area contributed by atoms with Crippen LogP contribution in [0.2, 0.25) is 5.02 Å². The van der Waals surface area contributed by atoms with E-state index in [-0.39, 0.29) is 23.3 Å². The van der Waals surface area contributed by atoms with Crippen LogP contribution in [0.5, 0.6) is 0 Å². The number of aromatic nitrogens is 2. The Labute approximate surface area is 160 Å². The normalized spacial score (nSPS) is 20.3. The van der Waals surface area contributed by atoms with Crippen LogP contribution < -0.4 is 10.6 Å². The van der Waals surface area contributed by atoms with Gasteiger partial charge in [-0.25, -0.2) is 0 Å². The number of nitrogens with one attached hydrogen (secondary N) is 2. The second-order valence-corrected chi connectivity index (χ2v) is 7.54. The fourth-order valence-electron chi connectivity index (χ4n) is 3.94. The molecule has 1 amide bonds. The number of benzene rings is 1. The average molecular weight is 375 g/mol. The largest absolute Gasteiger partial charge is 0.346 e. The van der Waals surface area contributed by atoms with Crippen molar-refractivity contribution in [3.63, 3.8) is 0 Å². The lowest BCUT2D eigenvalue weighted by Crippen LogP contribution is -2.48. The van der Waals surface area contributed by atoms with E-state index in [4.69, 9.17) is 11.6 Å². The summed E-state index contributed by atoms with van der Waals surface area (Å²) < 4.78 is 1.79. The number of nitrogens with zero attached hydrogens (tertiary/aromatic N) is 2. The molecule has 0 aliphatic carbocycles. The number of halogens is 1. The SMILES string of the molecule is CCC(CC)(NC(=O)[C@H]1CNC[C@@H]1c1cnn(C)c1)c1ccc(Cl)cc1. The first-order valence-corrected chi connectivity index (χ1v) is 9.64. The van der Waals surface area contributed by atoms with E-state index >= 15 is 0 Å². The molecule has 6 heteroatoms. The van der Waals surface area contributed by atoms with Gasteiger partial charge < -0.3 is 10.6 Å². The van der Waals surface area contributed by atoms with Crippen molar-refractivity contribution in [1.29, 1.82) is 0 Å². The van der Waals surface area contributed by atoms with Crippen LogP contribution in [0, 0.1) is 5.92 Å². The smallest absolute Gasteiger partial charge is 0.225 e. The summed E-state index contributed by atoms with van der Waals surface area (Å²) in [6.07, 6.45) is 5.53. The highest BCUT2D eigenvalue weighted by atomic mass is 35.5. The number of hydrogen-bond acceptors (Lipinski definition) is 3. The zero-order valence-electron chi connectivity index (χ0n) is 15.6. The van der Waals surface area contributed by atoms with Crippen LogP contribution in [0.4, 0.5) is 0 Å². The first kappa shape index (κ1) is 18.9. The van der Waals surface area contributed by atoms with E-state index in [9.17, 15) is 4.79 Å². The number of aryl methyl sites for hydroxylation is 1. The Kier molecular flexibility index (Phi) is 5.68. The van der Waals surface area contributed by atoms with Gasteiger partial charge in [-0.05, 0) is 36.1 Å². The van der Waals surface area contributed by atoms with Crippen molar-refractivity contribution >= 4 is 17.5 Å². The molecule has 5 nitrogen and oxygen atoms in total. The van der Waals surface area contributed by atoms with Crippen molar-refractivity contribution in [2.24, 2.45) is 13.0 Å². The molecule has 2 heterocycles. The zero-order valence-corrected chi connectivity index (χ0v) is 16.4. The maximum atomic E-state index is 13.2. The standard InChI is InChI=1S/C20H27ClN4O/c1-4-20(5-2,15-6-8-16(21)9-7-15)24-19(26)18-12-22-11-17(18)14-10-23-25(3)13-14/h6-10,13,17-18,22H,4-5,11-12H2,1-3H3,(H,24,26)/t17-,18+/m1/s1. The molecule has 3 rings (SSSR count). The van der Waals surface area contributed by atoms with Gasteiger partial charge >= 0.3 is 0 Å². The van der Waals surface area contributed by atoms with Crippen molar-refractivity contribution in [2.75, 3.05) is 13.1 Å². The number of hydrogen-bond donors (Lipinski definition) is 2. The van der Waals surface area contributed by atoms with E-state index in [1.165, 1.54) is 0 Å². The third-order valence-electron chi connectivity index (χ3n) is 5.67. The Morgan fingerprint density at radius 2 is 2.00 bits per heavy atom. The third-order valence-corrected chi connectivity index (χ3v) is 5.92. The summed E-state index contributed by atoms with van der Waals surface area (Å²) in [5.41, 5.74) is 1.84. The van der Waals surface area contributed by atoms with Crippen LogP contribution in [-0.4, -0.2) is 28.8 Å². The van der Waals surface area contributed by atoms with Gasteiger partial charge in [0.2, 0.25) is 5.91 Å². The van der Waals surface area contributed by atoms with Crippen molar-refractivity contribution in [2.45, 2.75) is 38.1 Å². The molecule has 2 aromatic rings. The lowest BCUT2D eigenvalue weighted by Gasteiger charge is -2.35. The minimum atomic E-state index is -0.371. The quantitative estimate of drug-likeness (QED) is 0.816. The van der Waals surface area contributed by atoms with E-state index in [0.717, 1.165) is 30.5 Å². The number of carbonyl (C=O) groups is 1. The highest BCUT2D eigenvalue weighted by Crippen LogP contribution is 2.33. The first-order valence-electron chi connectivity index (χ1n) is 9.26. The Balaban J connectivity index is 1.82.